The molecule has 2 rings (SSSR count). The minimum atomic E-state index is -3.98. The van der Waals surface area contributed by atoms with E-state index < -0.39 is 10.0 Å². The fourth-order valence-corrected chi connectivity index (χ4v) is 2.90. The minimum Gasteiger partial charge on any atom is -0.280 e. The second-order valence-corrected chi connectivity index (χ2v) is 5.51. The summed E-state index contributed by atoms with van der Waals surface area (Å²) in [5.41, 5.74) is 0.352. The van der Waals surface area contributed by atoms with E-state index in [4.69, 9.17) is 0 Å². The standard InChI is InChI=1S/C14H9NO4S/c16-9-11-5-4-8-14(13(11)10-17)20(18,19)15-12-6-2-1-3-7-12/h1-8,15H. The number of rotatable bonds is 3. The van der Waals surface area contributed by atoms with Crippen LogP contribution in [-0.2, 0) is 19.6 Å². The Kier molecular flexibility index (Phi) is 3.82. The van der Waals surface area contributed by atoms with Crippen LogP contribution in [0.3, 0.4) is 0 Å². The number of carbonyl (C=O) groups excluding carboxylic acids is 2. The van der Waals surface area contributed by atoms with E-state index in [2.05, 4.69) is 4.72 Å². The van der Waals surface area contributed by atoms with Crippen LogP contribution in [-0.4, -0.2) is 20.3 Å². The summed E-state index contributed by atoms with van der Waals surface area (Å²) in [6.45, 7) is 0. The van der Waals surface area contributed by atoms with Crippen molar-refractivity contribution in [2.75, 3.05) is 4.72 Å². The van der Waals surface area contributed by atoms with Crippen molar-refractivity contribution in [1.29, 1.82) is 0 Å². The molecule has 0 radical (unpaired) electrons. The molecule has 0 aliphatic carbocycles. The molecule has 0 unspecified atom stereocenters. The number of hydrogen-bond acceptors (Lipinski definition) is 4. The van der Waals surface area contributed by atoms with Gasteiger partial charge in [-0.1, -0.05) is 24.3 Å². The van der Waals surface area contributed by atoms with Crippen LogP contribution in [0, 0.1) is 0 Å². The van der Waals surface area contributed by atoms with Gasteiger partial charge in [0.05, 0.1) is 10.4 Å². The van der Waals surface area contributed by atoms with Crippen molar-refractivity contribution in [1.82, 2.24) is 0 Å². The maximum atomic E-state index is 12.2. The Hall–Kier alpha value is -2.65. The zero-order valence-electron chi connectivity index (χ0n) is 10.2. The SMILES string of the molecule is O=C=c1cccc(S(=O)(=O)Nc2ccccc2)c1=C=O. The third-order valence-electron chi connectivity index (χ3n) is 2.55. The van der Waals surface area contributed by atoms with E-state index in [9.17, 15) is 18.0 Å². The lowest BCUT2D eigenvalue weighted by molar-refractivity contribution is 0.563. The van der Waals surface area contributed by atoms with E-state index >= 15 is 0 Å². The summed E-state index contributed by atoms with van der Waals surface area (Å²) in [6, 6.07) is 12.1. The molecule has 1 N–H and O–H groups in total. The first-order valence-corrected chi connectivity index (χ1v) is 7.04. The molecule has 100 valence electrons. The Bertz CT molecular complexity index is 894. The third-order valence-corrected chi connectivity index (χ3v) is 3.98. The highest BCUT2D eigenvalue weighted by molar-refractivity contribution is 7.92. The van der Waals surface area contributed by atoms with E-state index in [1.807, 2.05) is 0 Å². The highest BCUT2D eigenvalue weighted by atomic mass is 32.2. The summed E-state index contributed by atoms with van der Waals surface area (Å²) in [5.74, 6) is 2.99. The second kappa shape index (κ2) is 5.55. The summed E-state index contributed by atoms with van der Waals surface area (Å²) in [5, 5.41) is -0.470. The number of hydrogen-bond donors (Lipinski definition) is 1. The zero-order valence-corrected chi connectivity index (χ0v) is 11.0. The van der Waals surface area contributed by atoms with Gasteiger partial charge in [-0.3, -0.25) is 4.72 Å². The molecule has 0 aromatic heterocycles. The molecule has 0 saturated heterocycles. The van der Waals surface area contributed by atoms with Crippen LogP contribution in [0.4, 0.5) is 5.69 Å². The van der Waals surface area contributed by atoms with Gasteiger partial charge < -0.3 is 0 Å². The molecule has 5 nitrogen and oxygen atoms in total. The van der Waals surface area contributed by atoms with Gasteiger partial charge >= 0.3 is 0 Å². The molecule has 0 spiro atoms. The summed E-state index contributed by atoms with van der Waals surface area (Å²) < 4.78 is 26.8. The minimum absolute atomic E-state index is 0.143. The molecule has 20 heavy (non-hydrogen) atoms. The lowest BCUT2D eigenvalue weighted by Crippen LogP contribution is -2.34. The van der Waals surface area contributed by atoms with Crippen molar-refractivity contribution < 1.29 is 18.0 Å². The smallest absolute Gasteiger partial charge is 0.263 e. The molecule has 2 aromatic carbocycles. The maximum absolute atomic E-state index is 12.2. The van der Waals surface area contributed by atoms with E-state index in [1.54, 1.807) is 30.3 Å². The van der Waals surface area contributed by atoms with Crippen molar-refractivity contribution >= 4 is 27.6 Å². The number of sulfonamides is 1. The molecule has 2 aromatic rings. The molecule has 0 aliphatic heterocycles. The molecular formula is C14H9NO4S. The van der Waals surface area contributed by atoms with Gasteiger partial charge in [0.2, 0.25) is 0 Å². The number of para-hydroxylation sites is 1. The monoisotopic (exact) mass is 287 g/mol. The summed E-state index contributed by atoms with van der Waals surface area (Å²) in [6.07, 6.45) is 0. The van der Waals surface area contributed by atoms with Gasteiger partial charge in [-0.2, -0.15) is 0 Å². The Labute approximate surface area is 114 Å². The first-order valence-electron chi connectivity index (χ1n) is 5.55. The normalized spacial score (nSPS) is 10.4. The van der Waals surface area contributed by atoms with Crippen LogP contribution in [0.15, 0.2) is 53.4 Å². The van der Waals surface area contributed by atoms with Crippen molar-refractivity contribution in [2.45, 2.75) is 4.90 Å². The predicted octanol–water partition coefficient (Wildman–Crippen LogP) is -0.506. The van der Waals surface area contributed by atoms with Gasteiger partial charge in [0.15, 0.2) is 0 Å². The van der Waals surface area contributed by atoms with Crippen molar-refractivity contribution in [2.24, 2.45) is 0 Å². The third kappa shape index (κ3) is 2.68. The van der Waals surface area contributed by atoms with Gasteiger partial charge in [0, 0.05) is 5.69 Å². The molecule has 0 bridgehead atoms. The first-order chi connectivity index (χ1) is 9.58. The summed E-state index contributed by atoms with van der Waals surface area (Å²) in [7, 11) is -3.98. The Balaban J connectivity index is 2.63. The van der Waals surface area contributed by atoms with E-state index in [1.165, 1.54) is 30.1 Å². The topological polar surface area (TPSA) is 80.3 Å². The molecule has 0 atom stereocenters. The lowest BCUT2D eigenvalue weighted by atomic mass is 10.3. The second-order valence-electron chi connectivity index (χ2n) is 3.85. The van der Waals surface area contributed by atoms with Gasteiger partial charge in [-0.15, -0.1) is 0 Å². The Morgan fingerprint density at radius 2 is 1.55 bits per heavy atom. The van der Waals surface area contributed by atoms with Crippen LogP contribution in [0.5, 0.6) is 0 Å². The van der Waals surface area contributed by atoms with E-state index in [0.29, 0.717) is 5.69 Å². The van der Waals surface area contributed by atoms with Crippen LogP contribution in [0.25, 0.3) is 0 Å². The molecule has 0 heterocycles. The highest BCUT2D eigenvalue weighted by Crippen LogP contribution is 2.11. The fraction of sp³-hybridized carbons (Fsp3) is 0. The Morgan fingerprint density at radius 1 is 0.850 bits per heavy atom. The number of anilines is 1. The molecular weight excluding hydrogens is 278 g/mol. The fourth-order valence-electron chi connectivity index (χ4n) is 1.66. The molecule has 0 amide bonds. The van der Waals surface area contributed by atoms with E-state index in [0.717, 1.165) is 0 Å². The molecule has 0 fully saturated rings. The number of nitrogens with one attached hydrogen (secondary N) is 1. The first kappa shape index (κ1) is 13.8. The average molecular weight is 287 g/mol. The summed E-state index contributed by atoms with van der Waals surface area (Å²) >= 11 is 0. The van der Waals surface area contributed by atoms with E-state index in [-0.39, 0.29) is 15.3 Å². The lowest BCUT2D eigenvalue weighted by Gasteiger charge is -2.07. The van der Waals surface area contributed by atoms with Crippen molar-refractivity contribution in [3.05, 3.63) is 59.0 Å². The average Bonchev–Trinajstić information content (AvgIpc) is 2.46. The molecule has 0 saturated carbocycles. The van der Waals surface area contributed by atoms with Gasteiger partial charge in [-0.05, 0) is 24.3 Å². The number of benzene rings is 2. The Morgan fingerprint density at radius 3 is 2.15 bits per heavy atom. The van der Waals surface area contributed by atoms with Crippen LogP contribution in [0.2, 0.25) is 0 Å². The van der Waals surface area contributed by atoms with Gasteiger partial charge in [0.25, 0.3) is 10.0 Å². The largest absolute Gasteiger partial charge is 0.280 e. The van der Waals surface area contributed by atoms with Gasteiger partial charge in [0.1, 0.15) is 16.8 Å². The predicted molar refractivity (Wildman–Crippen MR) is 72.5 cm³/mol. The van der Waals surface area contributed by atoms with Crippen LogP contribution >= 0.6 is 0 Å². The molecule has 0 aliphatic rings. The summed E-state index contributed by atoms with van der Waals surface area (Å²) in [4.78, 5) is 21.3. The molecule has 6 heteroatoms. The van der Waals surface area contributed by atoms with Crippen molar-refractivity contribution in [3.63, 3.8) is 0 Å². The van der Waals surface area contributed by atoms with Crippen LogP contribution < -0.4 is 15.2 Å². The maximum Gasteiger partial charge on any atom is 0.263 e. The van der Waals surface area contributed by atoms with Gasteiger partial charge in [-0.25, -0.2) is 18.0 Å². The highest BCUT2D eigenvalue weighted by Gasteiger charge is 2.16. The quantitative estimate of drug-likeness (QED) is 0.825. The zero-order chi connectivity index (χ0) is 14.6. The van der Waals surface area contributed by atoms with Crippen molar-refractivity contribution in [3.8, 4) is 0 Å². The van der Waals surface area contributed by atoms with Crippen LogP contribution in [0.1, 0.15) is 0 Å².